The minimum atomic E-state index is -0.341. The average molecular weight is 415 g/mol. The predicted octanol–water partition coefficient (Wildman–Crippen LogP) is 4.66. The van der Waals surface area contributed by atoms with Crippen LogP contribution in [0.1, 0.15) is 51.5 Å². The molecule has 0 aliphatic heterocycles. The van der Waals surface area contributed by atoms with Gasteiger partial charge >= 0.3 is 0 Å². The van der Waals surface area contributed by atoms with E-state index in [0.29, 0.717) is 23.4 Å². The van der Waals surface area contributed by atoms with Gasteiger partial charge in [0.2, 0.25) is 5.13 Å². The molecular formula is C20H22N4O2S2. The second-order valence-electron chi connectivity index (χ2n) is 6.52. The highest BCUT2D eigenvalue weighted by Gasteiger charge is 2.25. The second-order valence-corrected chi connectivity index (χ2v) is 9.08. The van der Waals surface area contributed by atoms with Crippen molar-refractivity contribution in [3.8, 4) is 0 Å². The van der Waals surface area contributed by atoms with Crippen LogP contribution in [0.25, 0.3) is 0 Å². The number of aromatic nitrogens is 3. The molecule has 2 N–H and O–H groups in total. The third kappa shape index (κ3) is 4.51. The second kappa shape index (κ2) is 8.70. The van der Waals surface area contributed by atoms with Crippen molar-refractivity contribution in [2.45, 2.75) is 43.8 Å². The quantitative estimate of drug-likeness (QED) is 0.412. The summed E-state index contributed by atoms with van der Waals surface area (Å²) in [7, 11) is 0. The Morgan fingerprint density at radius 2 is 1.93 bits per heavy atom. The van der Waals surface area contributed by atoms with Crippen LogP contribution in [0.3, 0.4) is 0 Å². The number of Topliss-reactive ketones (excluding diaryl/α,β-unsaturated/α-hetero) is 2. The zero-order valence-electron chi connectivity index (χ0n) is 16.2. The molecule has 0 saturated carbocycles. The van der Waals surface area contributed by atoms with Crippen molar-refractivity contribution in [3.05, 3.63) is 58.4 Å². The number of nitrogens with one attached hydrogen (secondary N) is 2. The number of anilines is 1. The number of thioether (sulfide) groups is 1. The highest BCUT2D eigenvalue weighted by molar-refractivity contribution is 8.02. The van der Waals surface area contributed by atoms with Gasteiger partial charge in [0.15, 0.2) is 15.9 Å². The fourth-order valence-electron chi connectivity index (χ4n) is 3.03. The number of ketones is 2. The summed E-state index contributed by atoms with van der Waals surface area (Å²) in [5.41, 5.74) is 3.70. The first kappa shape index (κ1) is 20.3. The Balaban J connectivity index is 1.64. The molecule has 0 spiro atoms. The summed E-state index contributed by atoms with van der Waals surface area (Å²) in [6.45, 7) is 7.65. The maximum atomic E-state index is 12.9. The van der Waals surface area contributed by atoms with E-state index in [0.717, 1.165) is 20.7 Å². The molecule has 3 aromatic rings. The van der Waals surface area contributed by atoms with Crippen LogP contribution < -0.4 is 5.32 Å². The molecule has 6 nitrogen and oxygen atoms in total. The van der Waals surface area contributed by atoms with Gasteiger partial charge in [0.1, 0.15) is 0 Å². The van der Waals surface area contributed by atoms with Crippen LogP contribution in [-0.4, -0.2) is 32.0 Å². The van der Waals surface area contributed by atoms with Crippen molar-refractivity contribution in [1.29, 1.82) is 0 Å². The van der Waals surface area contributed by atoms with Gasteiger partial charge in [-0.25, -0.2) is 0 Å². The number of hydrogen-bond acceptors (Lipinski definition) is 7. The molecule has 0 bridgehead atoms. The van der Waals surface area contributed by atoms with Crippen molar-refractivity contribution in [1.82, 2.24) is 15.2 Å². The van der Waals surface area contributed by atoms with Crippen LogP contribution >= 0.6 is 23.1 Å². The summed E-state index contributed by atoms with van der Waals surface area (Å²) in [6.07, 6.45) is 0. The van der Waals surface area contributed by atoms with Gasteiger partial charge in [0, 0.05) is 17.8 Å². The van der Waals surface area contributed by atoms with Gasteiger partial charge in [0.25, 0.3) is 0 Å². The van der Waals surface area contributed by atoms with E-state index in [9.17, 15) is 9.59 Å². The molecule has 1 aromatic carbocycles. The van der Waals surface area contributed by atoms with E-state index in [2.05, 4.69) is 20.5 Å². The molecule has 0 amide bonds. The SMILES string of the molecule is CC(=O)c1c(C)[nH]c(C(=O)[C@H](C)Sc2nnc(NCc3ccccc3)s2)c1C. The number of hydrogen-bond donors (Lipinski definition) is 2. The minimum absolute atomic E-state index is 0.0381. The summed E-state index contributed by atoms with van der Waals surface area (Å²) in [4.78, 5) is 27.7. The lowest BCUT2D eigenvalue weighted by atomic mass is 10.0. The van der Waals surface area contributed by atoms with E-state index in [1.165, 1.54) is 30.0 Å². The van der Waals surface area contributed by atoms with Crippen molar-refractivity contribution in [2.75, 3.05) is 5.32 Å². The maximum Gasteiger partial charge on any atom is 0.206 e. The van der Waals surface area contributed by atoms with Crippen molar-refractivity contribution in [2.24, 2.45) is 0 Å². The summed E-state index contributed by atoms with van der Waals surface area (Å²) in [6, 6.07) is 10.1. The van der Waals surface area contributed by atoms with Crippen molar-refractivity contribution < 1.29 is 9.59 Å². The number of H-pyrrole nitrogens is 1. The third-order valence-corrected chi connectivity index (χ3v) is 6.44. The predicted molar refractivity (Wildman–Crippen MR) is 114 cm³/mol. The van der Waals surface area contributed by atoms with Crippen molar-refractivity contribution >= 4 is 39.8 Å². The molecule has 0 unspecified atom stereocenters. The Bertz CT molecular complexity index is 995. The molecule has 3 rings (SSSR count). The average Bonchev–Trinajstić information content (AvgIpc) is 3.23. The first-order chi connectivity index (χ1) is 13.4. The van der Waals surface area contributed by atoms with Crippen LogP contribution in [-0.2, 0) is 6.54 Å². The van der Waals surface area contributed by atoms with Crippen LogP contribution in [0.4, 0.5) is 5.13 Å². The smallest absolute Gasteiger partial charge is 0.206 e. The topological polar surface area (TPSA) is 87.7 Å². The zero-order valence-corrected chi connectivity index (χ0v) is 17.8. The first-order valence-corrected chi connectivity index (χ1v) is 10.6. The molecule has 146 valence electrons. The summed E-state index contributed by atoms with van der Waals surface area (Å²) >= 11 is 2.80. The minimum Gasteiger partial charge on any atom is -0.356 e. The molecule has 0 saturated heterocycles. The molecule has 0 aliphatic rings. The zero-order chi connectivity index (χ0) is 20.3. The van der Waals surface area contributed by atoms with Crippen LogP contribution in [0, 0.1) is 13.8 Å². The molecule has 2 heterocycles. The number of nitrogens with zero attached hydrogens (tertiary/aromatic N) is 2. The Kier molecular flexibility index (Phi) is 6.31. The van der Waals surface area contributed by atoms with E-state index in [1.54, 1.807) is 6.92 Å². The fourth-order valence-corrected chi connectivity index (χ4v) is 4.99. The largest absolute Gasteiger partial charge is 0.356 e. The lowest BCUT2D eigenvalue weighted by Gasteiger charge is -2.07. The Hall–Kier alpha value is -2.45. The molecular weight excluding hydrogens is 392 g/mol. The lowest BCUT2D eigenvalue weighted by Crippen LogP contribution is -2.15. The van der Waals surface area contributed by atoms with E-state index >= 15 is 0 Å². The number of carbonyl (C=O) groups excluding carboxylic acids is 2. The number of carbonyl (C=O) groups is 2. The van der Waals surface area contributed by atoms with E-state index < -0.39 is 0 Å². The van der Waals surface area contributed by atoms with Gasteiger partial charge in [-0.1, -0.05) is 53.4 Å². The molecule has 0 aliphatic carbocycles. The van der Waals surface area contributed by atoms with Crippen LogP contribution in [0.2, 0.25) is 0 Å². The molecule has 1 atom stereocenters. The monoisotopic (exact) mass is 414 g/mol. The maximum absolute atomic E-state index is 12.9. The van der Waals surface area contributed by atoms with E-state index in [4.69, 9.17) is 0 Å². The molecule has 0 fully saturated rings. The van der Waals surface area contributed by atoms with Gasteiger partial charge < -0.3 is 10.3 Å². The van der Waals surface area contributed by atoms with Gasteiger partial charge in [-0.05, 0) is 38.8 Å². The van der Waals surface area contributed by atoms with Crippen LogP contribution in [0.15, 0.2) is 34.7 Å². The summed E-state index contributed by atoms with van der Waals surface area (Å²) in [5, 5.41) is 11.9. The summed E-state index contributed by atoms with van der Waals surface area (Å²) in [5.74, 6) is -0.0871. The highest BCUT2D eigenvalue weighted by Crippen LogP contribution is 2.31. The van der Waals surface area contributed by atoms with Gasteiger partial charge in [-0.15, -0.1) is 10.2 Å². The lowest BCUT2D eigenvalue weighted by molar-refractivity contribution is 0.0988. The third-order valence-electron chi connectivity index (χ3n) is 4.38. The van der Waals surface area contributed by atoms with Gasteiger partial charge in [-0.2, -0.15) is 0 Å². The van der Waals surface area contributed by atoms with Crippen LogP contribution in [0.5, 0.6) is 0 Å². The molecule has 28 heavy (non-hydrogen) atoms. The van der Waals surface area contributed by atoms with E-state index in [-0.39, 0.29) is 16.8 Å². The molecule has 2 aromatic heterocycles. The molecule has 0 radical (unpaired) electrons. The standard InChI is InChI=1S/C20H22N4O2S2/c1-11-16(13(3)25)12(2)22-17(11)18(26)14(4)27-20-24-23-19(28-20)21-10-15-8-6-5-7-9-15/h5-9,14,22H,10H2,1-4H3,(H,21,23)/t14-/m0/s1. The first-order valence-electron chi connectivity index (χ1n) is 8.89. The Morgan fingerprint density at radius 1 is 1.21 bits per heavy atom. The Morgan fingerprint density at radius 3 is 2.57 bits per heavy atom. The fraction of sp³-hybridized carbons (Fsp3) is 0.300. The Labute approximate surface area is 172 Å². The number of aromatic amines is 1. The van der Waals surface area contributed by atoms with Crippen molar-refractivity contribution in [3.63, 3.8) is 0 Å². The van der Waals surface area contributed by atoms with Gasteiger partial charge in [-0.3, -0.25) is 9.59 Å². The molecule has 8 heteroatoms. The highest BCUT2D eigenvalue weighted by atomic mass is 32.2. The number of aryl methyl sites for hydroxylation is 1. The normalized spacial score (nSPS) is 12.0. The number of rotatable bonds is 8. The van der Waals surface area contributed by atoms with Gasteiger partial charge in [0.05, 0.1) is 10.9 Å². The summed E-state index contributed by atoms with van der Waals surface area (Å²) < 4.78 is 0.726. The number of benzene rings is 1. The van der Waals surface area contributed by atoms with E-state index in [1.807, 2.05) is 44.2 Å².